The van der Waals surface area contributed by atoms with Crippen molar-refractivity contribution in [3.05, 3.63) is 92.9 Å². The van der Waals surface area contributed by atoms with E-state index in [1.165, 1.54) is 30.3 Å². The largest absolute Gasteiger partial charge is 0.378 e. The minimum absolute atomic E-state index is 0.0683. The quantitative estimate of drug-likeness (QED) is 0.265. The van der Waals surface area contributed by atoms with Crippen LogP contribution in [0, 0.1) is 6.92 Å². The predicted molar refractivity (Wildman–Crippen MR) is 134 cm³/mol. The normalized spacial score (nSPS) is 15.3. The van der Waals surface area contributed by atoms with Crippen LogP contribution in [0.25, 0.3) is 6.08 Å². The molecule has 0 saturated carbocycles. The molecule has 0 spiro atoms. The number of halogens is 2. The van der Waals surface area contributed by atoms with E-state index in [0.717, 1.165) is 11.0 Å². The van der Waals surface area contributed by atoms with Gasteiger partial charge in [-0.2, -0.15) is 8.42 Å². The number of hydrogen-bond acceptors (Lipinski definition) is 6. The first-order valence-electron chi connectivity index (χ1n) is 10.0. The van der Waals surface area contributed by atoms with Gasteiger partial charge < -0.3 is 4.18 Å². The maximum atomic E-state index is 13.3. The SMILES string of the molecule is Cc1ccc(Cl)cc1N1C(=O)NC(=O)/C(=C\c2cc(Br)ccc2OS(=O)(=O)c2ccccc2)C1=O. The molecule has 0 atom stereocenters. The van der Waals surface area contributed by atoms with Crippen LogP contribution in [0.15, 0.2) is 81.7 Å². The number of hydrogen-bond donors (Lipinski definition) is 1. The molecule has 178 valence electrons. The molecule has 4 amide bonds. The number of aryl methyl sites for hydroxylation is 1. The van der Waals surface area contributed by atoms with Crippen LogP contribution in [0.2, 0.25) is 5.02 Å². The first-order valence-corrected chi connectivity index (χ1v) is 12.6. The number of carbonyl (C=O) groups excluding carboxylic acids is 3. The number of urea groups is 1. The Morgan fingerprint density at radius 2 is 1.71 bits per heavy atom. The monoisotopic (exact) mass is 574 g/mol. The second kappa shape index (κ2) is 9.65. The molecule has 0 radical (unpaired) electrons. The Morgan fingerprint density at radius 3 is 2.43 bits per heavy atom. The lowest BCUT2D eigenvalue weighted by atomic mass is 10.1. The zero-order valence-corrected chi connectivity index (χ0v) is 21.1. The van der Waals surface area contributed by atoms with E-state index in [2.05, 4.69) is 21.2 Å². The third kappa shape index (κ3) is 5.14. The Morgan fingerprint density at radius 1 is 1.00 bits per heavy atom. The lowest BCUT2D eigenvalue weighted by Crippen LogP contribution is -2.54. The summed E-state index contributed by atoms with van der Waals surface area (Å²) in [7, 11) is -4.20. The van der Waals surface area contributed by atoms with Crippen molar-refractivity contribution in [3.8, 4) is 5.75 Å². The van der Waals surface area contributed by atoms with Crippen molar-refractivity contribution in [3.63, 3.8) is 0 Å². The van der Waals surface area contributed by atoms with Crippen molar-refractivity contribution in [2.45, 2.75) is 11.8 Å². The number of anilines is 1. The zero-order valence-electron chi connectivity index (χ0n) is 18.0. The van der Waals surface area contributed by atoms with E-state index >= 15 is 0 Å². The van der Waals surface area contributed by atoms with Gasteiger partial charge in [-0.15, -0.1) is 0 Å². The van der Waals surface area contributed by atoms with Crippen LogP contribution in [0.4, 0.5) is 10.5 Å². The van der Waals surface area contributed by atoms with Gasteiger partial charge in [0.05, 0.1) is 5.69 Å². The second-order valence-corrected chi connectivity index (χ2v) is 10.3. The molecule has 0 unspecified atom stereocenters. The number of rotatable bonds is 5. The average Bonchev–Trinajstić information content (AvgIpc) is 2.81. The van der Waals surface area contributed by atoms with E-state index < -0.39 is 33.5 Å². The first kappa shape index (κ1) is 24.6. The summed E-state index contributed by atoms with van der Waals surface area (Å²) < 4.78 is 31.3. The summed E-state index contributed by atoms with van der Waals surface area (Å²) in [6.07, 6.45) is 1.16. The molecule has 35 heavy (non-hydrogen) atoms. The third-order valence-corrected chi connectivity index (χ3v) is 6.99. The van der Waals surface area contributed by atoms with Crippen LogP contribution >= 0.6 is 27.5 Å². The second-order valence-electron chi connectivity index (χ2n) is 7.42. The topological polar surface area (TPSA) is 110 Å². The van der Waals surface area contributed by atoms with E-state index in [-0.39, 0.29) is 21.9 Å². The summed E-state index contributed by atoms with van der Waals surface area (Å²) in [6.45, 7) is 1.68. The highest BCUT2D eigenvalue weighted by Gasteiger charge is 2.37. The molecule has 1 N–H and O–H groups in total. The molecule has 1 heterocycles. The zero-order chi connectivity index (χ0) is 25.3. The van der Waals surface area contributed by atoms with E-state index in [9.17, 15) is 22.8 Å². The number of imide groups is 2. The van der Waals surface area contributed by atoms with Crippen molar-refractivity contribution in [2.75, 3.05) is 4.90 Å². The summed E-state index contributed by atoms with van der Waals surface area (Å²) in [5.41, 5.74) is 0.501. The highest BCUT2D eigenvalue weighted by atomic mass is 79.9. The van der Waals surface area contributed by atoms with Gasteiger partial charge in [-0.3, -0.25) is 14.9 Å². The number of barbiturate groups is 1. The molecule has 1 aliphatic heterocycles. The summed E-state index contributed by atoms with van der Waals surface area (Å²) >= 11 is 9.34. The van der Waals surface area contributed by atoms with Gasteiger partial charge in [0.15, 0.2) is 0 Å². The average molecular weight is 576 g/mol. The van der Waals surface area contributed by atoms with Gasteiger partial charge in [0.1, 0.15) is 16.2 Å². The molecule has 0 bridgehead atoms. The van der Waals surface area contributed by atoms with Gasteiger partial charge in [0.2, 0.25) is 0 Å². The van der Waals surface area contributed by atoms with Crippen molar-refractivity contribution in [1.82, 2.24) is 5.32 Å². The molecular weight excluding hydrogens is 560 g/mol. The number of nitrogens with one attached hydrogen (secondary N) is 1. The maximum absolute atomic E-state index is 13.3. The van der Waals surface area contributed by atoms with Crippen LogP contribution in [0.1, 0.15) is 11.1 Å². The Labute approximate surface area is 214 Å². The smallest absolute Gasteiger partial charge is 0.339 e. The third-order valence-electron chi connectivity index (χ3n) is 5.02. The summed E-state index contributed by atoms with van der Waals surface area (Å²) in [4.78, 5) is 39.2. The fourth-order valence-electron chi connectivity index (χ4n) is 3.32. The summed E-state index contributed by atoms with van der Waals surface area (Å²) in [5.74, 6) is -1.96. The molecule has 1 saturated heterocycles. The number of nitrogens with zero attached hydrogens (tertiary/aromatic N) is 1. The van der Waals surface area contributed by atoms with E-state index in [1.54, 1.807) is 43.3 Å². The van der Waals surface area contributed by atoms with Gasteiger partial charge in [0.25, 0.3) is 11.8 Å². The van der Waals surface area contributed by atoms with Crippen LogP contribution in [-0.2, 0) is 19.7 Å². The minimum Gasteiger partial charge on any atom is -0.378 e. The van der Waals surface area contributed by atoms with Crippen LogP contribution in [0.5, 0.6) is 5.75 Å². The fourth-order valence-corrected chi connectivity index (χ4v) is 4.84. The fraction of sp³-hybridized carbons (Fsp3) is 0.0417. The minimum atomic E-state index is -4.20. The molecule has 3 aromatic carbocycles. The Kier molecular flexibility index (Phi) is 6.79. The van der Waals surface area contributed by atoms with Gasteiger partial charge in [-0.1, -0.05) is 51.8 Å². The molecule has 4 rings (SSSR count). The molecule has 8 nitrogen and oxygen atoms in total. The number of carbonyl (C=O) groups is 3. The van der Waals surface area contributed by atoms with Crippen LogP contribution < -0.4 is 14.4 Å². The summed E-state index contributed by atoms with van der Waals surface area (Å²) in [6, 6.07) is 15.7. The van der Waals surface area contributed by atoms with Crippen molar-refractivity contribution in [2.24, 2.45) is 0 Å². The van der Waals surface area contributed by atoms with Gasteiger partial charge in [-0.05, 0) is 61.0 Å². The standard InChI is InChI=1S/C24H16BrClN2O6S/c1-14-7-9-17(26)13-20(14)28-23(30)19(22(29)27-24(28)31)12-15-11-16(25)8-10-21(15)34-35(32,33)18-5-3-2-4-6-18/h2-13H,1H3,(H,27,29,31)/b19-12+. The number of benzene rings is 3. The highest BCUT2D eigenvalue weighted by molar-refractivity contribution is 9.10. The molecule has 11 heteroatoms. The summed E-state index contributed by atoms with van der Waals surface area (Å²) in [5, 5.41) is 2.42. The molecule has 1 fully saturated rings. The molecule has 3 aromatic rings. The maximum Gasteiger partial charge on any atom is 0.339 e. The molecular formula is C24H16BrClN2O6S. The lowest BCUT2D eigenvalue weighted by molar-refractivity contribution is -0.122. The predicted octanol–water partition coefficient (Wildman–Crippen LogP) is 4.85. The highest BCUT2D eigenvalue weighted by Crippen LogP contribution is 2.31. The van der Waals surface area contributed by atoms with E-state index in [1.807, 2.05) is 0 Å². The van der Waals surface area contributed by atoms with Gasteiger partial charge >= 0.3 is 16.1 Å². The van der Waals surface area contributed by atoms with E-state index in [4.69, 9.17) is 15.8 Å². The number of amides is 4. The first-order chi connectivity index (χ1) is 16.6. The van der Waals surface area contributed by atoms with Crippen molar-refractivity contribution in [1.29, 1.82) is 0 Å². The van der Waals surface area contributed by atoms with Gasteiger partial charge in [-0.25, -0.2) is 9.69 Å². The van der Waals surface area contributed by atoms with Crippen molar-refractivity contribution >= 4 is 67.3 Å². The van der Waals surface area contributed by atoms with E-state index in [0.29, 0.717) is 15.1 Å². The molecule has 1 aliphatic rings. The Hall–Kier alpha value is -3.47. The molecule has 0 aromatic heterocycles. The Bertz CT molecular complexity index is 1510. The van der Waals surface area contributed by atoms with Crippen LogP contribution in [-0.4, -0.2) is 26.3 Å². The molecule has 0 aliphatic carbocycles. The lowest BCUT2D eigenvalue weighted by Gasteiger charge is -2.27. The van der Waals surface area contributed by atoms with Gasteiger partial charge in [0, 0.05) is 15.1 Å². The van der Waals surface area contributed by atoms with Crippen molar-refractivity contribution < 1.29 is 27.0 Å². The van der Waals surface area contributed by atoms with Crippen LogP contribution in [0.3, 0.4) is 0 Å². The Balaban J connectivity index is 1.78.